The third-order valence-corrected chi connectivity index (χ3v) is 16.7. The fourth-order valence-corrected chi connectivity index (χ4v) is 11.0. The number of carbonyl (C=O) groups excluding carboxylic acids is 2. The number of esters is 1. The molecule has 0 aliphatic carbocycles. The van der Waals surface area contributed by atoms with Crippen LogP contribution in [0.2, 0.25) is 0 Å². The van der Waals surface area contributed by atoms with E-state index in [1.54, 1.807) is 0 Å². The number of nitrogens with zero attached hydrogens (tertiary/aromatic N) is 1. The monoisotopic (exact) mass is 1220 g/mol. The van der Waals surface area contributed by atoms with Crippen molar-refractivity contribution in [2.24, 2.45) is 0 Å². The number of ether oxygens (including phenoxy) is 1. The second kappa shape index (κ2) is 64.9. The van der Waals surface area contributed by atoms with Gasteiger partial charge in [0, 0.05) is 12.8 Å². The van der Waals surface area contributed by atoms with Gasteiger partial charge in [0.05, 0.1) is 33.8 Å². The van der Waals surface area contributed by atoms with Crippen molar-refractivity contribution >= 4 is 19.7 Å². The van der Waals surface area contributed by atoms with Crippen molar-refractivity contribution in [3.05, 3.63) is 97.2 Å². The van der Waals surface area contributed by atoms with E-state index < -0.39 is 20.0 Å². The molecule has 3 atom stereocenters. The lowest BCUT2D eigenvalue weighted by Gasteiger charge is -2.27. The van der Waals surface area contributed by atoms with E-state index in [1.165, 1.54) is 180 Å². The van der Waals surface area contributed by atoms with Crippen LogP contribution < -0.4 is 5.32 Å². The van der Waals surface area contributed by atoms with Crippen LogP contribution in [0.15, 0.2) is 97.2 Å². The van der Waals surface area contributed by atoms with E-state index in [0.29, 0.717) is 23.9 Å². The van der Waals surface area contributed by atoms with Crippen molar-refractivity contribution in [1.29, 1.82) is 0 Å². The zero-order valence-corrected chi connectivity index (χ0v) is 57.9. The Kier molecular flexibility index (Phi) is 62.6. The fourth-order valence-electron chi connectivity index (χ4n) is 10.2. The molecule has 9 nitrogen and oxygen atoms in total. The van der Waals surface area contributed by atoms with Crippen molar-refractivity contribution in [3.63, 3.8) is 0 Å². The summed E-state index contributed by atoms with van der Waals surface area (Å²) in [5.74, 6) is -0.529. The molecule has 0 fully saturated rings. The van der Waals surface area contributed by atoms with E-state index in [4.69, 9.17) is 13.8 Å². The number of phosphoric ester groups is 1. The van der Waals surface area contributed by atoms with Gasteiger partial charge in [-0.1, -0.05) is 298 Å². The second-order valence-electron chi connectivity index (χ2n) is 25.4. The highest BCUT2D eigenvalue weighted by Crippen LogP contribution is 2.43. The summed E-state index contributed by atoms with van der Waals surface area (Å²) >= 11 is 0. The molecular weight excluding hydrogens is 1080 g/mol. The molecule has 498 valence electrons. The van der Waals surface area contributed by atoms with Crippen molar-refractivity contribution in [2.75, 3.05) is 40.9 Å². The molecule has 86 heavy (non-hydrogen) atoms. The van der Waals surface area contributed by atoms with E-state index in [2.05, 4.69) is 111 Å². The van der Waals surface area contributed by atoms with Gasteiger partial charge in [0.1, 0.15) is 19.3 Å². The number of rotatable bonds is 65. The van der Waals surface area contributed by atoms with E-state index in [1.807, 2.05) is 33.3 Å². The van der Waals surface area contributed by atoms with Gasteiger partial charge in [-0.15, -0.1) is 0 Å². The summed E-state index contributed by atoms with van der Waals surface area (Å²) in [5.41, 5.74) is 0. The highest BCUT2D eigenvalue weighted by atomic mass is 31.2. The summed E-state index contributed by atoms with van der Waals surface area (Å²) in [6, 6.07) is -0.868. The lowest BCUT2D eigenvalue weighted by molar-refractivity contribution is -0.870. The standard InChI is InChI=1S/C76H137N2O7P/c1-7-10-13-16-19-22-25-28-30-32-34-36-38-39-41-43-45-47-49-51-54-57-60-63-66-69-76(80)85-74(67-64-61-58-55-52-27-24-21-18-15-12-9-3)73(72-84-86(81,82)83-71-70-78(4,5)6)77-75(79)68-65-62-59-56-53-50-48-46-44-42-40-37-35-33-31-29-26-23-20-17-14-11-8-2/h11,14,20,23,28-31,35,37,42,44,48,50,64,67,73-74H,7-10,12-13,15-19,21-22,24-27,32-34,36,38-41,43,45-47,49,51-63,65-66,68-72H2,1-6H3,(H-,77,79,81,82)/p+1/b14-11-,23-20-,30-28+,31-29-,37-35-,44-42-,50-48-,67-64+. The van der Waals surface area contributed by atoms with Crippen molar-refractivity contribution in [2.45, 2.75) is 335 Å². The lowest BCUT2D eigenvalue weighted by Crippen LogP contribution is -2.47. The number of quaternary nitrogens is 1. The molecule has 0 aromatic rings. The Morgan fingerprint density at radius 2 is 0.744 bits per heavy atom. The fraction of sp³-hybridized carbons (Fsp3) is 0.763. The quantitative estimate of drug-likeness (QED) is 0.0205. The van der Waals surface area contributed by atoms with Crippen LogP contribution in [0.1, 0.15) is 323 Å². The lowest BCUT2D eigenvalue weighted by atomic mass is 10.0. The van der Waals surface area contributed by atoms with E-state index in [-0.39, 0.29) is 31.5 Å². The molecule has 0 saturated carbocycles. The minimum Gasteiger partial charge on any atom is -0.456 e. The maximum absolute atomic E-state index is 13.6. The average Bonchev–Trinajstić information content (AvgIpc) is 3.66. The molecule has 0 rings (SSSR count). The average molecular weight is 1220 g/mol. The van der Waals surface area contributed by atoms with Gasteiger partial charge in [-0.3, -0.25) is 18.6 Å². The molecule has 3 unspecified atom stereocenters. The number of unbranched alkanes of at least 4 members (excludes halogenated alkanes) is 35. The molecule has 0 aliphatic heterocycles. The van der Waals surface area contributed by atoms with Crippen molar-refractivity contribution in [3.8, 4) is 0 Å². The molecule has 0 saturated heterocycles. The number of hydrogen-bond acceptors (Lipinski definition) is 6. The molecule has 1 amide bonds. The number of likely N-dealkylation sites (N-methyl/N-ethyl adjacent to an activating group) is 1. The van der Waals surface area contributed by atoms with E-state index in [0.717, 1.165) is 103 Å². The smallest absolute Gasteiger partial charge is 0.456 e. The van der Waals surface area contributed by atoms with Crippen molar-refractivity contribution < 1.29 is 37.3 Å². The highest BCUT2D eigenvalue weighted by Gasteiger charge is 2.30. The Hall–Kier alpha value is -3.07. The first-order valence-electron chi connectivity index (χ1n) is 36.1. The molecular formula is C76H138N2O7P+. The van der Waals surface area contributed by atoms with Crippen LogP contribution in [0.4, 0.5) is 0 Å². The molecule has 0 radical (unpaired) electrons. The molecule has 0 heterocycles. The Labute approximate surface area is 532 Å². The van der Waals surface area contributed by atoms with Gasteiger partial charge in [0.2, 0.25) is 5.91 Å². The first-order chi connectivity index (χ1) is 41.9. The van der Waals surface area contributed by atoms with Crippen LogP contribution in [-0.4, -0.2) is 74.3 Å². The maximum Gasteiger partial charge on any atom is 0.472 e. The van der Waals surface area contributed by atoms with Gasteiger partial charge in [-0.25, -0.2) is 4.57 Å². The molecule has 0 bridgehead atoms. The zero-order valence-electron chi connectivity index (χ0n) is 57.0. The number of carbonyl (C=O) groups is 2. The Bertz CT molecular complexity index is 1790. The van der Waals surface area contributed by atoms with Gasteiger partial charge in [0.25, 0.3) is 0 Å². The third-order valence-electron chi connectivity index (χ3n) is 15.8. The highest BCUT2D eigenvalue weighted by molar-refractivity contribution is 7.47. The zero-order chi connectivity index (χ0) is 62.8. The summed E-state index contributed by atoms with van der Waals surface area (Å²) in [6.45, 7) is 6.90. The van der Waals surface area contributed by atoms with Gasteiger partial charge in [-0.05, 0) is 109 Å². The number of nitrogens with one attached hydrogen (secondary N) is 1. The molecule has 0 aromatic carbocycles. The Balaban J connectivity index is 5.10. The molecule has 10 heteroatoms. The number of phosphoric acid groups is 1. The number of hydrogen-bond donors (Lipinski definition) is 2. The number of allylic oxidation sites excluding steroid dienone is 15. The minimum atomic E-state index is -4.47. The Morgan fingerprint density at radius 1 is 0.419 bits per heavy atom. The molecule has 0 spiro atoms. The van der Waals surface area contributed by atoms with Gasteiger partial charge in [-0.2, -0.15) is 0 Å². The van der Waals surface area contributed by atoms with Crippen LogP contribution in [0.5, 0.6) is 0 Å². The van der Waals surface area contributed by atoms with Gasteiger partial charge >= 0.3 is 13.8 Å². The van der Waals surface area contributed by atoms with Crippen LogP contribution in [0.3, 0.4) is 0 Å². The summed E-state index contributed by atoms with van der Waals surface area (Å²) in [7, 11) is 1.48. The van der Waals surface area contributed by atoms with Crippen molar-refractivity contribution in [1.82, 2.24) is 5.32 Å². The molecule has 2 N–H and O–H groups in total. The summed E-state index contributed by atoms with van der Waals surface area (Å²) in [4.78, 5) is 37.9. The van der Waals surface area contributed by atoms with E-state index >= 15 is 0 Å². The van der Waals surface area contributed by atoms with Gasteiger partial charge in [0.15, 0.2) is 0 Å². The molecule has 0 aromatic heterocycles. The first-order valence-corrected chi connectivity index (χ1v) is 37.6. The summed E-state index contributed by atoms with van der Waals surface area (Å²) < 4.78 is 30.8. The maximum atomic E-state index is 13.6. The minimum absolute atomic E-state index is 0.0316. The first kappa shape index (κ1) is 82.9. The largest absolute Gasteiger partial charge is 0.472 e. The second-order valence-corrected chi connectivity index (χ2v) is 26.8. The predicted molar refractivity (Wildman–Crippen MR) is 374 cm³/mol. The Morgan fingerprint density at radius 3 is 1.13 bits per heavy atom. The normalized spacial score (nSPS) is 14.1. The SMILES string of the molecule is CC/C=C\C/C=C\C/C=C\C/C=C\C/C=C\C/C=C\CCCCCCC(=O)NC(COP(=O)(O)OCC[N+](C)(C)C)C(/C=C/CCCCCCCCCCCC)OC(=O)CCCCCCCCCCCCCCCCC/C=C/CCCCCCCC. The van der Waals surface area contributed by atoms with Crippen LogP contribution in [0, 0.1) is 0 Å². The van der Waals surface area contributed by atoms with E-state index in [9.17, 15) is 19.0 Å². The summed E-state index contributed by atoms with van der Waals surface area (Å²) in [5, 5.41) is 3.06. The summed E-state index contributed by atoms with van der Waals surface area (Å²) in [6.07, 6.45) is 88.5. The number of amides is 1. The third kappa shape index (κ3) is 65.4. The molecule has 0 aliphatic rings. The van der Waals surface area contributed by atoms with Crippen LogP contribution in [-0.2, 0) is 27.9 Å². The van der Waals surface area contributed by atoms with Gasteiger partial charge < -0.3 is 19.4 Å². The predicted octanol–water partition coefficient (Wildman–Crippen LogP) is 23.1. The van der Waals surface area contributed by atoms with Crippen LogP contribution in [0.25, 0.3) is 0 Å². The topological polar surface area (TPSA) is 111 Å². The van der Waals surface area contributed by atoms with Crippen LogP contribution >= 0.6 is 7.82 Å².